The van der Waals surface area contributed by atoms with Gasteiger partial charge in [0.2, 0.25) is 0 Å². The van der Waals surface area contributed by atoms with Crippen molar-refractivity contribution in [3.05, 3.63) is 53.6 Å². The second-order valence-corrected chi connectivity index (χ2v) is 7.58. The third-order valence-electron chi connectivity index (χ3n) is 5.05. The summed E-state index contributed by atoms with van der Waals surface area (Å²) < 4.78 is 0. The summed E-state index contributed by atoms with van der Waals surface area (Å²) in [5, 5.41) is 9.45. The van der Waals surface area contributed by atoms with Crippen LogP contribution in [-0.2, 0) is 10.8 Å². The Morgan fingerprint density at radius 2 is 1.24 bits per heavy atom. The van der Waals surface area contributed by atoms with E-state index in [4.69, 9.17) is 0 Å². The van der Waals surface area contributed by atoms with Crippen LogP contribution in [0.2, 0.25) is 0 Å². The quantitative estimate of drug-likeness (QED) is 0.740. The molecule has 0 aliphatic heterocycles. The van der Waals surface area contributed by atoms with E-state index in [9.17, 15) is 5.11 Å². The fraction of sp³-hybridized carbons (Fsp3) is 0.400. The summed E-state index contributed by atoms with van der Waals surface area (Å²) in [6.45, 7) is 9.39. The molecular weight excluding hydrogens is 256 g/mol. The highest BCUT2D eigenvalue weighted by Crippen LogP contribution is 2.46. The van der Waals surface area contributed by atoms with E-state index < -0.39 is 0 Å². The van der Waals surface area contributed by atoms with Crippen molar-refractivity contribution >= 4 is 0 Å². The third-order valence-corrected chi connectivity index (χ3v) is 5.05. The highest BCUT2D eigenvalue weighted by Gasteiger charge is 2.36. The van der Waals surface area contributed by atoms with E-state index in [-0.39, 0.29) is 10.8 Å². The molecule has 0 radical (unpaired) electrons. The van der Waals surface area contributed by atoms with Crippen molar-refractivity contribution in [2.75, 3.05) is 0 Å². The molecule has 0 aromatic heterocycles. The number of benzene rings is 2. The summed E-state index contributed by atoms with van der Waals surface area (Å²) in [5.41, 5.74) is 5.86. The molecular formula is C20H24O. The number of phenolic OH excluding ortho intramolecular Hbond substituents is 1. The maximum atomic E-state index is 9.45. The van der Waals surface area contributed by atoms with Crippen molar-refractivity contribution in [3.63, 3.8) is 0 Å². The summed E-state index contributed by atoms with van der Waals surface area (Å²) >= 11 is 0. The number of hydrogen-bond acceptors (Lipinski definition) is 1. The molecule has 3 rings (SSSR count). The van der Waals surface area contributed by atoms with Gasteiger partial charge in [-0.1, -0.05) is 58.0 Å². The summed E-state index contributed by atoms with van der Waals surface area (Å²) in [4.78, 5) is 0. The first-order valence-electron chi connectivity index (χ1n) is 7.74. The molecule has 0 heterocycles. The van der Waals surface area contributed by atoms with Gasteiger partial charge in [-0.3, -0.25) is 0 Å². The highest BCUT2D eigenvalue weighted by atomic mass is 16.3. The normalized spacial score (nSPS) is 19.0. The molecule has 1 N–H and O–H groups in total. The van der Waals surface area contributed by atoms with Gasteiger partial charge in [-0.2, -0.15) is 0 Å². The predicted octanol–water partition coefficient (Wildman–Crippen LogP) is 5.41. The SMILES string of the molecule is CC1(C)CCC(C)(C)c2cc(-c3ccc(O)cc3)ccc21. The summed E-state index contributed by atoms with van der Waals surface area (Å²) in [6, 6.07) is 14.3. The molecule has 110 valence electrons. The molecule has 0 spiro atoms. The summed E-state index contributed by atoms with van der Waals surface area (Å²) in [5.74, 6) is 0.318. The van der Waals surface area contributed by atoms with Crippen LogP contribution in [-0.4, -0.2) is 5.11 Å². The number of rotatable bonds is 1. The van der Waals surface area contributed by atoms with Crippen molar-refractivity contribution in [1.82, 2.24) is 0 Å². The highest BCUT2D eigenvalue weighted by molar-refractivity contribution is 5.67. The van der Waals surface area contributed by atoms with Gasteiger partial charge in [0.1, 0.15) is 5.75 Å². The Hall–Kier alpha value is -1.76. The Kier molecular flexibility index (Phi) is 3.12. The first kappa shape index (κ1) is 14.2. The van der Waals surface area contributed by atoms with Gasteiger partial charge in [0.25, 0.3) is 0 Å². The first-order valence-corrected chi connectivity index (χ1v) is 7.74. The van der Waals surface area contributed by atoms with E-state index in [1.165, 1.54) is 29.5 Å². The van der Waals surface area contributed by atoms with Crippen LogP contribution in [0.25, 0.3) is 11.1 Å². The van der Waals surface area contributed by atoms with Gasteiger partial charge < -0.3 is 5.11 Å². The van der Waals surface area contributed by atoms with E-state index in [0.717, 1.165) is 5.56 Å². The van der Waals surface area contributed by atoms with E-state index in [1.54, 1.807) is 12.1 Å². The van der Waals surface area contributed by atoms with E-state index in [2.05, 4.69) is 45.9 Å². The van der Waals surface area contributed by atoms with Gasteiger partial charge in [-0.15, -0.1) is 0 Å². The molecule has 0 saturated heterocycles. The lowest BCUT2D eigenvalue weighted by atomic mass is 9.63. The molecule has 0 atom stereocenters. The lowest BCUT2D eigenvalue weighted by Gasteiger charge is -2.42. The largest absolute Gasteiger partial charge is 0.508 e. The zero-order valence-electron chi connectivity index (χ0n) is 13.4. The number of phenols is 1. The standard InChI is InChI=1S/C20H24O/c1-19(2)11-12-20(3,4)18-13-15(7-10-17(18)19)14-5-8-16(21)9-6-14/h5-10,13,21H,11-12H2,1-4H3. The van der Waals surface area contributed by atoms with Crippen LogP contribution in [0.4, 0.5) is 0 Å². The molecule has 2 aromatic carbocycles. The maximum Gasteiger partial charge on any atom is 0.115 e. The van der Waals surface area contributed by atoms with Crippen LogP contribution in [0.15, 0.2) is 42.5 Å². The van der Waals surface area contributed by atoms with Crippen molar-refractivity contribution in [3.8, 4) is 16.9 Å². The van der Waals surface area contributed by atoms with Crippen LogP contribution < -0.4 is 0 Å². The topological polar surface area (TPSA) is 20.2 Å². The zero-order chi connectivity index (χ0) is 15.3. The lowest BCUT2D eigenvalue weighted by Crippen LogP contribution is -2.33. The fourth-order valence-corrected chi connectivity index (χ4v) is 3.42. The van der Waals surface area contributed by atoms with Gasteiger partial charge in [0, 0.05) is 0 Å². The van der Waals surface area contributed by atoms with Crippen LogP contribution in [0.1, 0.15) is 51.7 Å². The number of aromatic hydroxyl groups is 1. The molecule has 0 unspecified atom stereocenters. The van der Waals surface area contributed by atoms with Gasteiger partial charge in [0.15, 0.2) is 0 Å². The van der Waals surface area contributed by atoms with Gasteiger partial charge in [-0.25, -0.2) is 0 Å². The molecule has 0 fully saturated rings. The predicted molar refractivity (Wildman–Crippen MR) is 88.8 cm³/mol. The van der Waals surface area contributed by atoms with Crippen LogP contribution in [0.5, 0.6) is 5.75 Å². The number of fused-ring (bicyclic) bond motifs is 1. The van der Waals surface area contributed by atoms with Gasteiger partial charge >= 0.3 is 0 Å². The fourth-order valence-electron chi connectivity index (χ4n) is 3.42. The molecule has 0 amide bonds. The minimum absolute atomic E-state index is 0.234. The Morgan fingerprint density at radius 3 is 1.86 bits per heavy atom. The molecule has 1 aliphatic rings. The van der Waals surface area contributed by atoms with Gasteiger partial charge in [-0.05, 0) is 58.1 Å². The average Bonchev–Trinajstić information content (AvgIpc) is 2.45. The third kappa shape index (κ3) is 2.46. The molecule has 1 nitrogen and oxygen atoms in total. The Morgan fingerprint density at radius 1 is 0.714 bits per heavy atom. The van der Waals surface area contributed by atoms with Crippen LogP contribution in [0, 0.1) is 0 Å². The van der Waals surface area contributed by atoms with Crippen LogP contribution >= 0.6 is 0 Å². The van der Waals surface area contributed by atoms with Crippen molar-refractivity contribution in [2.45, 2.75) is 51.4 Å². The molecule has 2 aromatic rings. The van der Waals surface area contributed by atoms with E-state index >= 15 is 0 Å². The molecule has 1 aliphatic carbocycles. The van der Waals surface area contributed by atoms with Gasteiger partial charge in [0.05, 0.1) is 0 Å². The van der Waals surface area contributed by atoms with Crippen LogP contribution in [0.3, 0.4) is 0 Å². The van der Waals surface area contributed by atoms with E-state index in [1.807, 2.05) is 12.1 Å². The second-order valence-electron chi connectivity index (χ2n) is 7.58. The molecule has 1 heteroatoms. The maximum absolute atomic E-state index is 9.45. The molecule has 21 heavy (non-hydrogen) atoms. The second kappa shape index (κ2) is 4.62. The van der Waals surface area contributed by atoms with E-state index in [0.29, 0.717) is 5.75 Å². The molecule has 0 saturated carbocycles. The average molecular weight is 280 g/mol. The minimum atomic E-state index is 0.234. The lowest BCUT2D eigenvalue weighted by molar-refractivity contribution is 0.332. The molecule has 0 bridgehead atoms. The number of hydrogen-bond donors (Lipinski definition) is 1. The zero-order valence-corrected chi connectivity index (χ0v) is 13.4. The Bertz CT molecular complexity index is 663. The Labute approximate surface area is 127 Å². The summed E-state index contributed by atoms with van der Waals surface area (Å²) in [6.07, 6.45) is 2.47. The summed E-state index contributed by atoms with van der Waals surface area (Å²) in [7, 11) is 0. The minimum Gasteiger partial charge on any atom is -0.508 e. The monoisotopic (exact) mass is 280 g/mol. The van der Waals surface area contributed by atoms with Crippen molar-refractivity contribution in [2.24, 2.45) is 0 Å². The Balaban J connectivity index is 2.14. The van der Waals surface area contributed by atoms with Crippen molar-refractivity contribution in [1.29, 1.82) is 0 Å². The first-order chi connectivity index (χ1) is 9.79. The smallest absolute Gasteiger partial charge is 0.115 e. The van der Waals surface area contributed by atoms with Crippen molar-refractivity contribution < 1.29 is 5.11 Å².